The van der Waals surface area contributed by atoms with E-state index in [-0.39, 0.29) is 29.8 Å². The molecule has 1 heterocycles. The molecule has 0 bridgehead atoms. The van der Waals surface area contributed by atoms with E-state index in [9.17, 15) is 9.59 Å². The number of nitrogens with two attached hydrogens (primary N) is 1. The van der Waals surface area contributed by atoms with Gasteiger partial charge in [0.05, 0.1) is 0 Å². The number of nitrogens with zero attached hydrogens (tertiary/aromatic N) is 1. The summed E-state index contributed by atoms with van der Waals surface area (Å²) < 4.78 is 0. The lowest BCUT2D eigenvalue weighted by Gasteiger charge is -2.34. The molecule has 1 aromatic rings. The van der Waals surface area contributed by atoms with Crippen LogP contribution in [0.15, 0.2) is 30.3 Å². The number of benzene rings is 1. The Hall–Kier alpha value is -1.88. The van der Waals surface area contributed by atoms with Crippen molar-refractivity contribution >= 4 is 11.8 Å². The van der Waals surface area contributed by atoms with Gasteiger partial charge in [-0.2, -0.15) is 0 Å². The number of hydrogen-bond donors (Lipinski definition) is 2. The fourth-order valence-electron chi connectivity index (χ4n) is 3.60. The second-order valence-corrected chi connectivity index (χ2v) is 6.71. The highest BCUT2D eigenvalue weighted by Crippen LogP contribution is 2.27. The molecule has 1 aliphatic heterocycles. The molecule has 1 aliphatic carbocycles. The number of carbonyl (C=O) groups excluding carboxylic acids is 2. The van der Waals surface area contributed by atoms with Gasteiger partial charge in [-0.25, -0.2) is 0 Å². The molecule has 2 fully saturated rings. The van der Waals surface area contributed by atoms with E-state index in [4.69, 9.17) is 5.73 Å². The van der Waals surface area contributed by atoms with E-state index in [2.05, 4.69) is 5.32 Å². The molecule has 3 rings (SSSR count). The van der Waals surface area contributed by atoms with Crippen molar-refractivity contribution in [2.75, 3.05) is 13.1 Å². The van der Waals surface area contributed by atoms with Crippen molar-refractivity contribution in [1.82, 2.24) is 10.2 Å². The summed E-state index contributed by atoms with van der Waals surface area (Å²) in [6.45, 7) is 1.45. The average Bonchev–Trinajstić information content (AvgIpc) is 3.02. The first-order valence-corrected chi connectivity index (χ1v) is 8.54. The van der Waals surface area contributed by atoms with Gasteiger partial charge in [0.1, 0.15) is 0 Å². The topological polar surface area (TPSA) is 75.4 Å². The van der Waals surface area contributed by atoms with Crippen molar-refractivity contribution < 1.29 is 9.59 Å². The second-order valence-electron chi connectivity index (χ2n) is 6.71. The van der Waals surface area contributed by atoms with Crippen molar-refractivity contribution in [3.63, 3.8) is 0 Å². The normalized spacial score (nSPS) is 25.3. The number of piperidine rings is 1. The van der Waals surface area contributed by atoms with Crippen LogP contribution in [-0.2, 0) is 4.79 Å². The Morgan fingerprint density at radius 3 is 2.35 bits per heavy atom. The second kappa shape index (κ2) is 7.13. The zero-order chi connectivity index (χ0) is 16.2. The van der Waals surface area contributed by atoms with Gasteiger partial charge in [0, 0.05) is 36.7 Å². The molecular formula is C18H25N3O2. The van der Waals surface area contributed by atoms with Crippen molar-refractivity contribution in [1.29, 1.82) is 0 Å². The Morgan fingerprint density at radius 1 is 1.04 bits per heavy atom. The molecule has 1 saturated heterocycles. The Morgan fingerprint density at radius 2 is 1.74 bits per heavy atom. The molecule has 2 unspecified atom stereocenters. The van der Waals surface area contributed by atoms with Crippen molar-refractivity contribution in [3.05, 3.63) is 35.9 Å². The highest BCUT2D eigenvalue weighted by Gasteiger charge is 2.33. The fourth-order valence-corrected chi connectivity index (χ4v) is 3.60. The standard InChI is InChI=1S/C18H25N3O2/c19-15-7-6-14(12-15)18(23)21-10-8-16(9-11-21)20-17(22)13-4-2-1-3-5-13/h1-5,14-16H,6-12,19H2,(H,20,22). The minimum Gasteiger partial charge on any atom is -0.349 e. The lowest BCUT2D eigenvalue weighted by Crippen LogP contribution is -2.48. The predicted molar refractivity (Wildman–Crippen MR) is 88.8 cm³/mol. The molecule has 0 spiro atoms. The van der Waals surface area contributed by atoms with Gasteiger partial charge in [-0.05, 0) is 44.2 Å². The van der Waals surface area contributed by atoms with Crippen LogP contribution in [-0.4, -0.2) is 41.9 Å². The first-order chi connectivity index (χ1) is 11.1. The van der Waals surface area contributed by atoms with Crippen LogP contribution in [0.1, 0.15) is 42.5 Å². The number of nitrogens with one attached hydrogen (secondary N) is 1. The number of amides is 2. The van der Waals surface area contributed by atoms with Crippen LogP contribution in [0.25, 0.3) is 0 Å². The Labute approximate surface area is 137 Å². The molecule has 1 aromatic carbocycles. The molecule has 2 atom stereocenters. The van der Waals surface area contributed by atoms with Crippen LogP contribution >= 0.6 is 0 Å². The van der Waals surface area contributed by atoms with Gasteiger partial charge in [0.15, 0.2) is 0 Å². The van der Waals surface area contributed by atoms with E-state index in [0.717, 1.165) is 45.2 Å². The third-order valence-corrected chi connectivity index (χ3v) is 5.00. The third kappa shape index (κ3) is 3.91. The van der Waals surface area contributed by atoms with E-state index >= 15 is 0 Å². The molecule has 124 valence electrons. The number of rotatable bonds is 3. The molecule has 23 heavy (non-hydrogen) atoms. The average molecular weight is 315 g/mol. The van der Waals surface area contributed by atoms with E-state index in [0.29, 0.717) is 5.56 Å². The highest BCUT2D eigenvalue weighted by atomic mass is 16.2. The maximum atomic E-state index is 12.5. The molecular weight excluding hydrogens is 290 g/mol. The van der Waals surface area contributed by atoms with E-state index < -0.39 is 0 Å². The molecule has 2 amide bonds. The molecule has 5 heteroatoms. The lowest BCUT2D eigenvalue weighted by molar-refractivity contribution is -0.136. The molecule has 0 aromatic heterocycles. The third-order valence-electron chi connectivity index (χ3n) is 5.00. The van der Waals surface area contributed by atoms with Gasteiger partial charge in [0.25, 0.3) is 5.91 Å². The van der Waals surface area contributed by atoms with E-state index in [1.54, 1.807) is 0 Å². The summed E-state index contributed by atoms with van der Waals surface area (Å²) in [6.07, 6.45) is 4.35. The number of likely N-dealkylation sites (tertiary alicyclic amines) is 1. The van der Waals surface area contributed by atoms with Crippen LogP contribution in [0.3, 0.4) is 0 Å². The minimum absolute atomic E-state index is 0.0304. The van der Waals surface area contributed by atoms with Gasteiger partial charge < -0.3 is 16.0 Å². The van der Waals surface area contributed by atoms with Gasteiger partial charge in [-0.3, -0.25) is 9.59 Å². The van der Waals surface area contributed by atoms with Crippen molar-refractivity contribution in [2.45, 2.75) is 44.2 Å². The smallest absolute Gasteiger partial charge is 0.251 e. The summed E-state index contributed by atoms with van der Waals surface area (Å²) >= 11 is 0. The van der Waals surface area contributed by atoms with Crippen molar-refractivity contribution in [2.24, 2.45) is 11.7 Å². The largest absolute Gasteiger partial charge is 0.349 e. The molecule has 3 N–H and O–H groups in total. The summed E-state index contributed by atoms with van der Waals surface area (Å²) in [5.41, 5.74) is 6.59. The summed E-state index contributed by atoms with van der Waals surface area (Å²) in [4.78, 5) is 26.6. The Bertz CT molecular complexity index is 553. The Balaban J connectivity index is 1.47. The zero-order valence-electron chi connectivity index (χ0n) is 13.4. The SMILES string of the molecule is NC1CCC(C(=O)N2CCC(NC(=O)c3ccccc3)CC2)C1. The van der Waals surface area contributed by atoms with Gasteiger partial charge >= 0.3 is 0 Å². The molecule has 0 radical (unpaired) electrons. The summed E-state index contributed by atoms with van der Waals surface area (Å²) in [7, 11) is 0. The van der Waals surface area contributed by atoms with Gasteiger partial charge in [-0.1, -0.05) is 18.2 Å². The summed E-state index contributed by atoms with van der Waals surface area (Å²) in [6, 6.07) is 9.60. The maximum absolute atomic E-state index is 12.5. The van der Waals surface area contributed by atoms with Crippen LogP contribution in [0.2, 0.25) is 0 Å². The van der Waals surface area contributed by atoms with Crippen LogP contribution in [0.4, 0.5) is 0 Å². The first-order valence-electron chi connectivity index (χ1n) is 8.54. The first kappa shape index (κ1) is 16.0. The van der Waals surface area contributed by atoms with Crippen LogP contribution in [0.5, 0.6) is 0 Å². The molecule has 5 nitrogen and oxygen atoms in total. The van der Waals surface area contributed by atoms with Crippen LogP contribution in [0, 0.1) is 5.92 Å². The number of hydrogen-bond acceptors (Lipinski definition) is 3. The maximum Gasteiger partial charge on any atom is 0.251 e. The van der Waals surface area contributed by atoms with E-state index in [1.807, 2.05) is 35.2 Å². The van der Waals surface area contributed by atoms with Crippen LogP contribution < -0.4 is 11.1 Å². The monoisotopic (exact) mass is 315 g/mol. The number of carbonyl (C=O) groups is 2. The van der Waals surface area contributed by atoms with E-state index in [1.165, 1.54) is 0 Å². The zero-order valence-corrected chi connectivity index (χ0v) is 13.4. The summed E-state index contributed by atoms with van der Waals surface area (Å²) in [5, 5.41) is 3.07. The van der Waals surface area contributed by atoms with Gasteiger partial charge in [0.2, 0.25) is 5.91 Å². The molecule has 2 aliphatic rings. The fraction of sp³-hybridized carbons (Fsp3) is 0.556. The minimum atomic E-state index is -0.0304. The highest BCUT2D eigenvalue weighted by molar-refractivity contribution is 5.94. The van der Waals surface area contributed by atoms with Gasteiger partial charge in [-0.15, -0.1) is 0 Å². The lowest BCUT2D eigenvalue weighted by atomic mass is 10.0. The Kier molecular flexibility index (Phi) is 4.96. The predicted octanol–water partition coefficient (Wildman–Crippen LogP) is 1.53. The molecule has 1 saturated carbocycles. The summed E-state index contributed by atoms with van der Waals surface area (Å²) in [5.74, 6) is 0.336. The quantitative estimate of drug-likeness (QED) is 0.888. The van der Waals surface area contributed by atoms with Crippen molar-refractivity contribution in [3.8, 4) is 0 Å².